The van der Waals surface area contributed by atoms with Crippen molar-refractivity contribution in [3.05, 3.63) is 29.8 Å². The Bertz CT molecular complexity index is 305. The maximum Gasteiger partial charge on any atom is 0.123 e. The van der Waals surface area contributed by atoms with Gasteiger partial charge < -0.3 is 20.5 Å². The first-order valence-corrected chi connectivity index (χ1v) is 6.11. The lowest BCUT2D eigenvalue weighted by atomic mass is 10.2. The fourth-order valence-corrected chi connectivity index (χ4v) is 1.55. The summed E-state index contributed by atoms with van der Waals surface area (Å²) in [5, 5.41) is 15.0. The van der Waals surface area contributed by atoms with Crippen LogP contribution in [0.25, 0.3) is 0 Å². The number of benzene rings is 1. The minimum atomic E-state index is 0.188. The first-order chi connectivity index (χ1) is 8.38. The molecule has 0 heterocycles. The molecule has 4 nitrogen and oxygen atoms in total. The van der Waals surface area contributed by atoms with E-state index in [-0.39, 0.29) is 6.61 Å². The molecule has 17 heavy (non-hydrogen) atoms. The highest BCUT2D eigenvalue weighted by molar-refractivity contribution is 5.33. The number of aliphatic hydroxyl groups is 1. The molecule has 3 N–H and O–H groups in total. The Labute approximate surface area is 103 Å². The van der Waals surface area contributed by atoms with E-state index in [0.29, 0.717) is 13.2 Å². The van der Waals surface area contributed by atoms with Gasteiger partial charge in [-0.3, -0.25) is 0 Å². The van der Waals surface area contributed by atoms with Gasteiger partial charge in [0.05, 0.1) is 13.2 Å². The summed E-state index contributed by atoms with van der Waals surface area (Å²) in [5.74, 6) is 0.950. The average molecular weight is 238 g/mol. The lowest BCUT2D eigenvalue weighted by molar-refractivity contribution is 0.292. The van der Waals surface area contributed by atoms with Gasteiger partial charge in [0.25, 0.3) is 0 Å². The SMILES string of the molecule is CCOc1ccccc1CNCCNCCO. The molecule has 0 saturated heterocycles. The van der Waals surface area contributed by atoms with Gasteiger partial charge in [-0.25, -0.2) is 0 Å². The zero-order chi connectivity index (χ0) is 12.3. The Hall–Kier alpha value is -1.10. The van der Waals surface area contributed by atoms with Crippen molar-refractivity contribution >= 4 is 0 Å². The largest absolute Gasteiger partial charge is 0.494 e. The van der Waals surface area contributed by atoms with Crippen LogP contribution in [0.1, 0.15) is 12.5 Å². The van der Waals surface area contributed by atoms with Crippen LogP contribution in [0.5, 0.6) is 5.75 Å². The highest BCUT2D eigenvalue weighted by Crippen LogP contribution is 2.17. The molecule has 0 fully saturated rings. The number of nitrogens with one attached hydrogen (secondary N) is 2. The van der Waals surface area contributed by atoms with Crippen molar-refractivity contribution in [3.8, 4) is 5.75 Å². The Morgan fingerprint density at radius 1 is 1.12 bits per heavy atom. The van der Waals surface area contributed by atoms with Gasteiger partial charge in [0.15, 0.2) is 0 Å². The highest BCUT2D eigenvalue weighted by atomic mass is 16.5. The predicted octanol–water partition coefficient (Wildman–Crippen LogP) is 0.757. The van der Waals surface area contributed by atoms with Crippen molar-refractivity contribution in [2.75, 3.05) is 32.8 Å². The quantitative estimate of drug-likeness (QED) is 0.556. The Kier molecular flexibility index (Phi) is 7.38. The summed E-state index contributed by atoms with van der Waals surface area (Å²) < 4.78 is 5.54. The summed E-state index contributed by atoms with van der Waals surface area (Å²) >= 11 is 0. The van der Waals surface area contributed by atoms with Crippen molar-refractivity contribution in [2.45, 2.75) is 13.5 Å². The Balaban J connectivity index is 2.25. The van der Waals surface area contributed by atoms with Crippen LogP contribution in [0.3, 0.4) is 0 Å². The van der Waals surface area contributed by atoms with E-state index in [1.165, 1.54) is 5.56 Å². The molecule has 0 aliphatic heterocycles. The van der Waals surface area contributed by atoms with Gasteiger partial charge in [-0.2, -0.15) is 0 Å². The standard InChI is InChI=1S/C13H22N2O2/c1-2-17-13-6-4-3-5-12(13)11-15-8-7-14-9-10-16/h3-6,14-16H,2,7-11H2,1H3. The molecule has 0 aliphatic rings. The second-order valence-corrected chi connectivity index (χ2v) is 3.69. The van der Waals surface area contributed by atoms with Crippen LogP contribution in [-0.4, -0.2) is 38.0 Å². The summed E-state index contributed by atoms with van der Waals surface area (Å²) in [5.41, 5.74) is 1.18. The summed E-state index contributed by atoms with van der Waals surface area (Å²) in [6.07, 6.45) is 0. The van der Waals surface area contributed by atoms with Gasteiger partial charge in [0.2, 0.25) is 0 Å². The zero-order valence-electron chi connectivity index (χ0n) is 10.4. The third kappa shape index (κ3) is 5.68. The first kappa shape index (κ1) is 14.0. The molecule has 0 aliphatic carbocycles. The van der Waals surface area contributed by atoms with Gasteiger partial charge in [-0.1, -0.05) is 18.2 Å². The lowest BCUT2D eigenvalue weighted by Gasteiger charge is -2.11. The second kappa shape index (κ2) is 8.98. The van der Waals surface area contributed by atoms with Crippen LogP contribution in [0, 0.1) is 0 Å². The van der Waals surface area contributed by atoms with Crippen molar-refractivity contribution in [1.29, 1.82) is 0 Å². The van der Waals surface area contributed by atoms with Crippen LogP contribution in [0.15, 0.2) is 24.3 Å². The maximum atomic E-state index is 8.60. The van der Waals surface area contributed by atoms with Crippen LogP contribution in [-0.2, 0) is 6.54 Å². The van der Waals surface area contributed by atoms with Crippen LogP contribution < -0.4 is 15.4 Å². The molecule has 0 unspecified atom stereocenters. The van der Waals surface area contributed by atoms with Gasteiger partial charge in [0.1, 0.15) is 5.75 Å². The minimum absolute atomic E-state index is 0.188. The van der Waals surface area contributed by atoms with E-state index < -0.39 is 0 Å². The van der Waals surface area contributed by atoms with E-state index >= 15 is 0 Å². The monoisotopic (exact) mass is 238 g/mol. The molecule has 0 radical (unpaired) electrons. The molecule has 4 heteroatoms. The third-order valence-electron chi connectivity index (χ3n) is 2.36. The average Bonchev–Trinajstić information content (AvgIpc) is 2.36. The van der Waals surface area contributed by atoms with Crippen molar-refractivity contribution in [2.24, 2.45) is 0 Å². The molecule has 0 bridgehead atoms. The minimum Gasteiger partial charge on any atom is -0.494 e. The molecule has 0 spiro atoms. The molecule has 1 rings (SSSR count). The number of ether oxygens (including phenoxy) is 1. The fourth-order valence-electron chi connectivity index (χ4n) is 1.55. The predicted molar refractivity (Wildman–Crippen MR) is 69.3 cm³/mol. The van der Waals surface area contributed by atoms with Crippen molar-refractivity contribution in [3.63, 3.8) is 0 Å². The number of hydrogen-bond acceptors (Lipinski definition) is 4. The van der Waals surface area contributed by atoms with E-state index in [4.69, 9.17) is 9.84 Å². The molecule has 96 valence electrons. The summed E-state index contributed by atoms with van der Waals surface area (Å²) in [6, 6.07) is 8.06. The number of hydrogen-bond donors (Lipinski definition) is 3. The van der Waals surface area contributed by atoms with Gasteiger partial charge in [-0.05, 0) is 13.0 Å². The van der Waals surface area contributed by atoms with Crippen LogP contribution >= 0.6 is 0 Å². The molecule has 1 aromatic rings. The normalized spacial score (nSPS) is 10.5. The Morgan fingerprint density at radius 2 is 1.88 bits per heavy atom. The maximum absolute atomic E-state index is 8.60. The van der Waals surface area contributed by atoms with E-state index in [0.717, 1.165) is 25.4 Å². The number of aliphatic hydroxyl groups excluding tert-OH is 1. The van der Waals surface area contributed by atoms with E-state index in [1.54, 1.807) is 0 Å². The van der Waals surface area contributed by atoms with Gasteiger partial charge >= 0.3 is 0 Å². The molecular formula is C13H22N2O2. The Morgan fingerprint density at radius 3 is 2.65 bits per heavy atom. The number of rotatable bonds is 9. The first-order valence-electron chi connectivity index (χ1n) is 6.11. The lowest BCUT2D eigenvalue weighted by Crippen LogP contribution is -2.28. The van der Waals surface area contributed by atoms with Crippen LogP contribution in [0.2, 0.25) is 0 Å². The van der Waals surface area contributed by atoms with Crippen molar-refractivity contribution in [1.82, 2.24) is 10.6 Å². The molecular weight excluding hydrogens is 216 g/mol. The smallest absolute Gasteiger partial charge is 0.123 e. The molecule has 0 atom stereocenters. The molecule has 0 aromatic heterocycles. The van der Waals surface area contributed by atoms with Gasteiger partial charge in [-0.15, -0.1) is 0 Å². The summed E-state index contributed by atoms with van der Waals surface area (Å²) in [7, 11) is 0. The molecule has 0 saturated carbocycles. The number of para-hydroxylation sites is 1. The molecule has 1 aromatic carbocycles. The zero-order valence-corrected chi connectivity index (χ0v) is 10.4. The second-order valence-electron chi connectivity index (χ2n) is 3.69. The van der Waals surface area contributed by atoms with Crippen molar-refractivity contribution < 1.29 is 9.84 Å². The van der Waals surface area contributed by atoms with Crippen LogP contribution in [0.4, 0.5) is 0 Å². The van der Waals surface area contributed by atoms with Gasteiger partial charge in [0, 0.05) is 31.7 Å². The van der Waals surface area contributed by atoms with E-state index in [2.05, 4.69) is 16.7 Å². The molecule has 0 amide bonds. The van der Waals surface area contributed by atoms with E-state index in [1.807, 2.05) is 25.1 Å². The summed E-state index contributed by atoms with van der Waals surface area (Å²) in [4.78, 5) is 0. The van der Waals surface area contributed by atoms with E-state index in [9.17, 15) is 0 Å². The fraction of sp³-hybridized carbons (Fsp3) is 0.538. The highest BCUT2D eigenvalue weighted by Gasteiger charge is 2.00. The third-order valence-corrected chi connectivity index (χ3v) is 2.36. The topological polar surface area (TPSA) is 53.5 Å². The summed E-state index contributed by atoms with van der Waals surface area (Å²) in [6.45, 7) is 6.05.